The van der Waals surface area contributed by atoms with Crippen molar-refractivity contribution in [1.82, 2.24) is 5.32 Å². The molecule has 0 aromatic heterocycles. The van der Waals surface area contributed by atoms with Gasteiger partial charge in [-0.3, -0.25) is 4.99 Å². The van der Waals surface area contributed by atoms with Gasteiger partial charge in [0, 0.05) is 12.8 Å². The highest BCUT2D eigenvalue weighted by molar-refractivity contribution is 14.0. The van der Waals surface area contributed by atoms with Crippen LogP contribution in [0.4, 0.5) is 0 Å². The van der Waals surface area contributed by atoms with Crippen molar-refractivity contribution in [1.29, 1.82) is 0 Å². The second-order valence-corrected chi connectivity index (χ2v) is 7.34. The van der Waals surface area contributed by atoms with Crippen LogP contribution in [0.5, 0.6) is 0 Å². The zero-order chi connectivity index (χ0) is 12.4. The summed E-state index contributed by atoms with van der Waals surface area (Å²) < 4.78 is 22.3. The standard InChI is InChI=1S/C10H21N3O2S.HI/c1-8(2)6-12-9(11)13-7-10(4-5-10)16(3,14)15;/h8H,4-7H2,1-3H3,(H3,11,12,13);1H. The summed E-state index contributed by atoms with van der Waals surface area (Å²) in [5, 5.41) is 2.97. The molecule has 0 aliphatic heterocycles. The van der Waals surface area contributed by atoms with Gasteiger partial charge in [0.15, 0.2) is 15.8 Å². The van der Waals surface area contributed by atoms with E-state index in [4.69, 9.17) is 5.73 Å². The summed E-state index contributed by atoms with van der Waals surface area (Å²) in [5.74, 6) is 0.821. The predicted molar refractivity (Wildman–Crippen MR) is 81.6 cm³/mol. The van der Waals surface area contributed by atoms with Gasteiger partial charge in [0.1, 0.15) is 0 Å². The van der Waals surface area contributed by atoms with E-state index in [0.717, 1.165) is 6.54 Å². The minimum atomic E-state index is -3.01. The molecule has 0 saturated heterocycles. The molecule has 1 aliphatic rings. The lowest BCUT2D eigenvalue weighted by Gasteiger charge is -2.11. The average Bonchev–Trinajstić information content (AvgIpc) is 2.91. The van der Waals surface area contributed by atoms with E-state index in [1.165, 1.54) is 6.26 Å². The third kappa shape index (κ3) is 4.99. The number of hydrogen-bond donors (Lipinski definition) is 2. The van der Waals surface area contributed by atoms with Gasteiger partial charge in [-0.2, -0.15) is 0 Å². The van der Waals surface area contributed by atoms with Crippen LogP contribution in [0.2, 0.25) is 0 Å². The maximum Gasteiger partial charge on any atom is 0.188 e. The van der Waals surface area contributed by atoms with E-state index in [-0.39, 0.29) is 30.5 Å². The molecule has 0 unspecified atom stereocenters. The summed E-state index contributed by atoms with van der Waals surface area (Å²) in [5.41, 5.74) is 5.64. The van der Waals surface area contributed by atoms with E-state index in [9.17, 15) is 8.42 Å². The number of halogens is 1. The molecule has 0 amide bonds. The third-order valence-electron chi connectivity index (χ3n) is 2.82. The van der Waals surface area contributed by atoms with E-state index < -0.39 is 14.6 Å². The van der Waals surface area contributed by atoms with Crippen molar-refractivity contribution in [2.45, 2.75) is 31.4 Å². The number of hydrogen-bond acceptors (Lipinski definition) is 3. The third-order valence-corrected chi connectivity index (χ3v) is 4.93. The fraction of sp³-hybridized carbons (Fsp3) is 0.900. The Bertz CT molecular complexity index is 375. The molecule has 1 fully saturated rings. The van der Waals surface area contributed by atoms with Gasteiger partial charge in [-0.05, 0) is 18.8 Å². The Morgan fingerprint density at radius 1 is 1.47 bits per heavy atom. The number of nitrogens with one attached hydrogen (secondary N) is 1. The van der Waals surface area contributed by atoms with Crippen LogP contribution in [0.15, 0.2) is 4.99 Å². The van der Waals surface area contributed by atoms with Crippen molar-refractivity contribution in [3.8, 4) is 0 Å². The van der Waals surface area contributed by atoms with Gasteiger partial charge >= 0.3 is 0 Å². The summed E-state index contributed by atoms with van der Waals surface area (Å²) >= 11 is 0. The molecule has 1 rings (SSSR count). The van der Waals surface area contributed by atoms with Gasteiger partial charge in [0.05, 0.1) is 11.3 Å². The highest BCUT2D eigenvalue weighted by atomic mass is 127. The molecule has 1 aliphatic carbocycles. The fourth-order valence-corrected chi connectivity index (χ4v) is 2.52. The smallest absolute Gasteiger partial charge is 0.188 e. The summed E-state index contributed by atoms with van der Waals surface area (Å²) in [4.78, 5) is 4.10. The summed E-state index contributed by atoms with van der Waals surface area (Å²) in [6.07, 6.45) is 2.67. The molecule has 0 radical (unpaired) electrons. The van der Waals surface area contributed by atoms with Crippen LogP contribution in [0, 0.1) is 5.92 Å². The van der Waals surface area contributed by atoms with Crippen LogP contribution in [-0.4, -0.2) is 38.5 Å². The van der Waals surface area contributed by atoms with Gasteiger partial charge in [-0.15, -0.1) is 24.0 Å². The molecule has 1 saturated carbocycles. The Hall–Kier alpha value is -0.0500. The highest BCUT2D eigenvalue weighted by Gasteiger charge is 2.51. The van der Waals surface area contributed by atoms with Gasteiger partial charge < -0.3 is 11.1 Å². The van der Waals surface area contributed by atoms with Crippen LogP contribution in [0.1, 0.15) is 26.7 Å². The number of guanidine groups is 1. The molecule has 0 atom stereocenters. The molecule has 3 N–H and O–H groups in total. The van der Waals surface area contributed by atoms with Gasteiger partial charge in [-0.1, -0.05) is 13.8 Å². The molecule has 0 aromatic carbocycles. The number of nitrogens with two attached hydrogens (primary N) is 1. The van der Waals surface area contributed by atoms with Crippen molar-refractivity contribution in [3.63, 3.8) is 0 Å². The number of aliphatic imine (C=N–C) groups is 1. The molecule has 0 heterocycles. The Balaban J connectivity index is 0.00000256. The Labute approximate surface area is 121 Å². The van der Waals surface area contributed by atoms with E-state index in [0.29, 0.717) is 24.7 Å². The highest BCUT2D eigenvalue weighted by Crippen LogP contribution is 2.43. The molecular formula is C10H22IN3O2S. The maximum atomic E-state index is 11.5. The van der Waals surface area contributed by atoms with E-state index >= 15 is 0 Å². The van der Waals surface area contributed by atoms with E-state index in [2.05, 4.69) is 24.2 Å². The first-order valence-corrected chi connectivity index (χ1v) is 7.39. The van der Waals surface area contributed by atoms with Crippen LogP contribution in [0.25, 0.3) is 0 Å². The largest absolute Gasteiger partial charge is 0.370 e. The molecule has 5 nitrogen and oxygen atoms in total. The SMILES string of the molecule is CC(C)CNC(N)=NCC1(S(C)(=O)=O)CC1.I. The first kappa shape index (κ1) is 16.9. The lowest BCUT2D eigenvalue weighted by atomic mass is 10.2. The Morgan fingerprint density at radius 2 is 2.00 bits per heavy atom. The van der Waals surface area contributed by atoms with Gasteiger partial charge in [0.25, 0.3) is 0 Å². The summed E-state index contributed by atoms with van der Waals surface area (Å²) in [6, 6.07) is 0. The normalized spacial score (nSPS) is 18.7. The number of sulfone groups is 1. The second-order valence-electron chi connectivity index (χ2n) is 4.93. The average molecular weight is 375 g/mol. The van der Waals surface area contributed by atoms with Crippen molar-refractivity contribution >= 4 is 39.8 Å². The van der Waals surface area contributed by atoms with Crippen molar-refractivity contribution in [3.05, 3.63) is 0 Å². The van der Waals surface area contributed by atoms with Gasteiger partial charge in [0.2, 0.25) is 0 Å². The number of nitrogens with zero attached hydrogens (tertiary/aromatic N) is 1. The fourth-order valence-electron chi connectivity index (χ4n) is 1.38. The van der Waals surface area contributed by atoms with Crippen LogP contribution in [-0.2, 0) is 9.84 Å². The minimum absolute atomic E-state index is 0. The summed E-state index contributed by atoms with van der Waals surface area (Å²) in [6.45, 7) is 5.17. The van der Waals surface area contributed by atoms with E-state index in [1.54, 1.807) is 0 Å². The Morgan fingerprint density at radius 3 is 2.35 bits per heavy atom. The molecule has 17 heavy (non-hydrogen) atoms. The molecule has 102 valence electrons. The number of rotatable bonds is 5. The van der Waals surface area contributed by atoms with Crippen molar-refractivity contribution < 1.29 is 8.42 Å². The molecule has 7 heteroatoms. The lowest BCUT2D eigenvalue weighted by molar-refractivity contribution is 0.582. The second kappa shape index (κ2) is 6.21. The predicted octanol–water partition coefficient (Wildman–Crippen LogP) is 0.742. The maximum absolute atomic E-state index is 11.5. The van der Waals surface area contributed by atoms with Crippen molar-refractivity contribution in [2.75, 3.05) is 19.3 Å². The zero-order valence-corrected chi connectivity index (χ0v) is 13.7. The first-order valence-electron chi connectivity index (χ1n) is 5.50. The van der Waals surface area contributed by atoms with Crippen LogP contribution >= 0.6 is 24.0 Å². The summed E-state index contributed by atoms with van der Waals surface area (Å²) in [7, 11) is -3.01. The van der Waals surface area contributed by atoms with Crippen LogP contribution in [0.3, 0.4) is 0 Å². The Kier molecular flexibility index (Phi) is 6.20. The molecule has 0 aromatic rings. The minimum Gasteiger partial charge on any atom is -0.370 e. The topological polar surface area (TPSA) is 84.5 Å². The molecule has 0 bridgehead atoms. The first-order chi connectivity index (χ1) is 7.27. The molecule has 0 spiro atoms. The van der Waals surface area contributed by atoms with E-state index in [1.807, 2.05) is 0 Å². The lowest BCUT2D eigenvalue weighted by Crippen LogP contribution is -2.36. The van der Waals surface area contributed by atoms with Crippen LogP contribution < -0.4 is 11.1 Å². The monoisotopic (exact) mass is 375 g/mol. The van der Waals surface area contributed by atoms with Crippen molar-refractivity contribution in [2.24, 2.45) is 16.6 Å². The van der Waals surface area contributed by atoms with Gasteiger partial charge in [-0.25, -0.2) is 8.42 Å². The molecular weight excluding hydrogens is 353 g/mol. The zero-order valence-electron chi connectivity index (χ0n) is 10.6. The quantitative estimate of drug-likeness (QED) is 0.422.